The van der Waals surface area contributed by atoms with E-state index in [1.54, 1.807) is 0 Å². The van der Waals surface area contributed by atoms with Crippen molar-refractivity contribution in [2.45, 2.75) is 161 Å². The molecule has 0 aromatic carbocycles. The summed E-state index contributed by atoms with van der Waals surface area (Å²) in [5.41, 5.74) is 0. The Balaban J connectivity index is 3.24. The summed E-state index contributed by atoms with van der Waals surface area (Å²) in [5, 5.41) is 0. The Bertz CT molecular complexity index is 257. The fourth-order valence-electron chi connectivity index (χ4n) is 4.42. The molecule has 0 saturated carbocycles. The minimum absolute atomic E-state index is 1.01. The highest BCUT2D eigenvalue weighted by Gasteiger charge is 2.05. The molecule has 0 N–H and O–H groups in total. The van der Waals surface area contributed by atoms with E-state index < -0.39 is 0 Å². The first kappa shape index (κ1) is 28.0. The summed E-state index contributed by atoms with van der Waals surface area (Å²) in [6, 6.07) is 0. The Morgan fingerprint density at radius 2 is 0.643 bits per heavy atom. The maximum absolute atomic E-state index is 3.93. The Kier molecular flexibility index (Phi) is 25.0. The molecule has 0 aromatic heterocycles. The van der Waals surface area contributed by atoms with Gasteiger partial charge in [0, 0.05) is 0 Å². The van der Waals surface area contributed by atoms with E-state index in [-0.39, 0.29) is 0 Å². The van der Waals surface area contributed by atoms with Crippen LogP contribution < -0.4 is 0 Å². The summed E-state index contributed by atoms with van der Waals surface area (Å²) >= 11 is 0. The molecule has 0 aliphatic rings. The van der Waals surface area contributed by atoms with E-state index in [9.17, 15) is 0 Å². The van der Waals surface area contributed by atoms with Crippen molar-refractivity contribution < 1.29 is 0 Å². The van der Waals surface area contributed by atoms with E-state index in [0.717, 1.165) is 18.8 Å². The van der Waals surface area contributed by atoms with Gasteiger partial charge in [0.2, 0.25) is 0 Å². The molecule has 0 rings (SSSR count). The van der Waals surface area contributed by atoms with Crippen molar-refractivity contribution in [3.8, 4) is 0 Å². The van der Waals surface area contributed by atoms with Crippen LogP contribution in [0.1, 0.15) is 161 Å². The normalized spacial score (nSPS) is 12.5. The summed E-state index contributed by atoms with van der Waals surface area (Å²) in [5.74, 6) is 1.01. The van der Waals surface area contributed by atoms with Crippen LogP contribution in [0.25, 0.3) is 0 Å². The van der Waals surface area contributed by atoms with Crippen LogP contribution in [-0.2, 0) is 0 Å². The van der Waals surface area contributed by atoms with Gasteiger partial charge in [-0.2, -0.15) is 0 Å². The van der Waals surface area contributed by atoms with Gasteiger partial charge in [-0.1, -0.05) is 175 Å². The molecule has 1 unspecified atom stereocenters. The topological polar surface area (TPSA) is 0 Å². The van der Waals surface area contributed by atoms with Crippen LogP contribution in [0.3, 0.4) is 0 Å². The van der Waals surface area contributed by atoms with Crippen molar-refractivity contribution in [2.75, 3.05) is 0 Å². The van der Waals surface area contributed by atoms with Crippen LogP contribution >= 0.6 is 0 Å². The molecule has 0 heterocycles. The largest absolute Gasteiger partial charge is 0.0651 e. The minimum atomic E-state index is 1.01. The fraction of sp³-hybridized carbons (Fsp3) is 0.929. The van der Waals surface area contributed by atoms with Gasteiger partial charge in [-0.25, -0.2) is 0 Å². The van der Waals surface area contributed by atoms with Crippen LogP contribution in [0.15, 0.2) is 0 Å². The van der Waals surface area contributed by atoms with Gasteiger partial charge in [-0.05, 0) is 5.92 Å². The second kappa shape index (κ2) is 25.0. The molecule has 0 nitrogen and oxygen atoms in total. The van der Waals surface area contributed by atoms with Crippen molar-refractivity contribution in [2.24, 2.45) is 5.92 Å². The molecule has 0 saturated heterocycles. The predicted molar refractivity (Wildman–Crippen MR) is 131 cm³/mol. The molecule has 0 fully saturated rings. The fourth-order valence-corrected chi connectivity index (χ4v) is 4.42. The highest BCUT2D eigenvalue weighted by Crippen LogP contribution is 2.22. The van der Waals surface area contributed by atoms with Crippen molar-refractivity contribution in [1.29, 1.82) is 0 Å². The molecule has 0 aromatic rings. The van der Waals surface area contributed by atoms with E-state index in [1.807, 2.05) is 0 Å². The molecule has 0 heteroatoms. The lowest BCUT2D eigenvalue weighted by atomic mass is 9.92. The van der Waals surface area contributed by atoms with Crippen LogP contribution in [0.5, 0.6) is 0 Å². The first-order chi connectivity index (χ1) is 13.8. The SMILES string of the molecule is [CH2]CCCCCCCCCCCCCCCC(CC)CCCCCCCC[CH2]. The lowest BCUT2D eigenvalue weighted by Gasteiger charge is -2.14. The standard InChI is InChI=1S/C28H56/c1-4-7-9-11-13-14-15-16-17-18-19-21-23-25-27-28(6-3)26-24-22-20-12-10-8-5-2/h28H,1-2,4-27H2,3H3. The zero-order valence-electron chi connectivity index (χ0n) is 20.0. The summed E-state index contributed by atoms with van der Waals surface area (Å²) < 4.78 is 0. The van der Waals surface area contributed by atoms with Gasteiger partial charge in [0.25, 0.3) is 0 Å². The minimum Gasteiger partial charge on any atom is -0.0651 e. The lowest BCUT2D eigenvalue weighted by molar-refractivity contribution is 0.392. The molecule has 0 aliphatic carbocycles. The van der Waals surface area contributed by atoms with Crippen LogP contribution in [-0.4, -0.2) is 0 Å². The van der Waals surface area contributed by atoms with E-state index in [2.05, 4.69) is 20.8 Å². The summed E-state index contributed by atoms with van der Waals surface area (Å²) in [6.07, 6.45) is 34.1. The summed E-state index contributed by atoms with van der Waals surface area (Å²) in [4.78, 5) is 0. The third-order valence-electron chi connectivity index (χ3n) is 6.55. The van der Waals surface area contributed by atoms with Gasteiger partial charge in [-0.3, -0.25) is 0 Å². The van der Waals surface area contributed by atoms with Gasteiger partial charge in [-0.15, -0.1) is 0 Å². The summed E-state index contributed by atoms with van der Waals surface area (Å²) in [7, 11) is 0. The van der Waals surface area contributed by atoms with Gasteiger partial charge >= 0.3 is 0 Å². The second-order valence-electron chi connectivity index (χ2n) is 9.28. The first-order valence-electron chi connectivity index (χ1n) is 13.4. The molecule has 168 valence electrons. The molecule has 0 aliphatic heterocycles. The number of hydrogen-bond acceptors (Lipinski definition) is 0. The zero-order valence-corrected chi connectivity index (χ0v) is 20.0. The highest BCUT2D eigenvalue weighted by molar-refractivity contribution is 4.59. The Labute approximate surface area is 181 Å². The summed E-state index contributed by atoms with van der Waals surface area (Å²) in [6.45, 7) is 10.2. The van der Waals surface area contributed by atoms with E-state index >= 15 is 0 Å². The molecule has 0 bridgehead atoms. The molecule has 1 atom stereocenters. The maximum atomic E-state index is 3.93. The molecular weight excluding hydrogens is 336 g/mol. The maximum Gasteiger partial charge on any atom is -0.0417 e. The molecule has 28 heavy (non-hydrogen) atoms. The lowest BCUT2D eigenvalue weighted by Crippen LogP contribution is -1.99. The van der Waals surface area contributed by atoms with E-state index in [1.165, 1.54) is 141 Å². The van der Waals surface area contributed by atoms with Gasteiger partial charge in [0.1, 0.15) is 0 Å². The monoisotopic (exact) mass is 392 g/mol. The van der Waals surface area contributed by atoms with Gasteiger partial charge < -0.3 is 0 Å². The van der Waals surface area contributed by atoms with Crippen LogP contribution in [0.2, 0.25) is 0 Å². The third kappa shape index (κ3) is 22.3. The van der Waals surface area contributed by atoms with Crippen molar-refractivity contribution in [3.05, 3.63) is 13.8 Å². The quantitative estimate of drug-likeness (QED) is 0.143. The van der Waals surface area contributed by atoms with E-state index in [0.29, 0.717) is 0 Å². The molecule has 2 radical (unpaired) electrons. The Morgan fingerprint density at radius 3 is 0.893 bits per heavy atom. The Morgan fingerprint density at radius 1 is 0.393 bits per heavy atom. The molecule has 0 amide bonds. The van der Waals surface area contributed by atoms with Gasteiger partial charge in [0.15, 0.2) is 0 Å². The predicted octanol–water partition coefficient (Wildman–Crippen LogP) is 10.7. The zero-order chi connectivity index (χ0) is 20.5. The smallest absolute Gasteiger partial charge is 0.0417 e. The average molecular weight is 393 g/mol. The van der Waals surface area contributed by atoms with E-state index in [4.69, 9.17) is 0 Å². The highest BCUT2D eigenvalue weighted by atomic mass is 14.1. The van der Waals surface area contributed by atoms with Crippen LogP contribution in [0.4, 0.5) is 0 Å². The van der Waals surface area contributed by atoms with Crippen molar-refractivity contribution in [1.82, 2.24) is 0 Å². The average Bonchev–Trinajstić information content (AvgIpc) is 2.71. The third-order valence-corrected chi connectivity index (χ3v) is 6.55. The number of hydrogen-bond donors (Lipinski definition) is 0. The van der Waals surface area contributed by atoms with Crippen molar-refractivity contribution >= 4 is 0 Å². The molecular formula is C28H56. The first-order valence-corrected chi connectivity index (χ1v) is 13.4. The van der Waals surface area contributed by atoms with Gasteiger partial charge in [0.05, 0.1) is 0 Å². The number of rotatable bonds is 24. The number of unbranched alkanes of at least 4 members (excludes halogenated alkanes) is 19. The van der Waals surface area contributed by atoms with Crippen LogP contribution in [0, 0.1) is 19.8 Å². The van der Waals surface area contributed by atoms with Crippen molar-refractivity contribution in [3.63, 3.8) is 0 Å². The second-order valence-corrected chi connectivity index (χ2v) is 9.28. The molecule has 0 spiro atoms. The Hall–Kier alpha value is 0.